The molecule has 0 spiro atoms. The molecule has 0 aliphatic heterocycles. The molecule has 1 amide bonds. The van der Waals surface area contributed by atoms with Gasteiger partial charge >= 0.3 is 0 Å². The van der Waals surface area contributed by atoms with Gasteiger partial charge in [0.25, 0.3) is 5.91 Å². The van der Waals surface area contributed by atoms with Crippen molar-refractivity contribution in [1.29, 1.82) is 0 Å². The number of hydrogen-bond donors (Lipinski definition) is 1. The van der Waals surface area contributed by atoms with Crippen molar-refractivity contribution in [3.05, 3.63) is 34.5 Å². The molecule has 0 aliphatic carbocycles. The average molecular weight is 266 g/mol. The molecular formula is C11H12ClN5O. The van der Waals surface area contributed by atoms with Gasteiger partial charge in [0.2, 0.25) is 0 Å². The molecule has 0 saturated carbocycles. The molecule has 2 heterocycles. The number of carbonyl (C=O) groups excluding carboxylic acids is 1. The third-order valence-corrected chi connectivity index (χ3v) is 2.76. The minimum Gasteiger partial charge on any atom is -0.305 e. The topological polar surface area (TPSA) is 72.7 Å². The fraction of sp³-hybridized carbons (Fsp3) is 0.273. The summed E-state index contributed by atoms with van der Waals surface area (Å²) in [5.74, 6) is 0.0461. The molecule has 2 aromatic rings. The van der Waals surface area contributed by atoms with E-state index in [4.69, 9.17) is 11.6 Å². The van der Waals surface area contributed by atoms with E-state index in [-0.39, 0.29) is 11.1 Å². The van der Waals surface area contributed by atoms with Crippen molar-refractivity contribution in [2.45, 2.75) is 13.8 Å². The maximum Gasteiger partial charge on any atom is 0.260 e. The van der Waals surface area contributed by atoms with Crippen LogP contribution in [0, 0.1) is 13.8 Å². The van der Waals surface area contributed by atoms with Crippen molar-refractivity contribution in [2.24, 2.45) is 7.05 Å². The van der Waals surface area contributed by atoms with E-state index in [0.717, 1.165) is 5.69 Å². The lowest BCUT2D eigenvalue weighted by Gasteiger charge is -2.04. The molecule has 0 radical (unpaired) electrons. The molecular weight excluding hydrogens is 254 g/mol. The van der Waals surface area contributed by atoms with Gasteiger partial charge in [-0.25, -0.2) is 4.98 Å². The SMILES string of the molecule is Cc1nn(C)c(C)c1C(=O)Nc1cncc(Cl)n1. The monoisotopic (exact) mass is 265 g/mol. The Morgan fingerprint density at radius 3 is 2.67 bits per heavy atom. The van der Waals surface area contributed by atoms with Gasteiger partial charge in [-0.1, -0.05) is 11.6 Å². The van der Waals surface area contributed by atoms with Gasteiger partial charge in [-0.2, -0.15) is 5.10 Å². The van der Waals surface area contributed by atoms with Gasteiger partial charge in [0.05, 0.1) is 23.7 Å². The normalized spacial score (nSPS) is 10.4. The Hall–Kier alpha value is -1.95. The Kier molecular flexibility index (Phi) is 3.29. The summed E-state index contributed by atoms with van der Waals surface area (Å²) in [6.45, 7) is 3.62. The van der Waals surface area contributed by atoms with Crippen LogP contribution < -0.4 is 5.32 Å². The highest BCUT2D eigenvalue weighted by atomic mass is 35.5. The van der Waals surface area contributed by atoms with Crippen LogP contribution in [0.2, 0.25) is 5.15 Å². The summed E-state index contributed by atoms with van der Waals surface area (Å²) in [6, 6.07) is 0. The average Bonchev–Trinajstić information content (AvgIpc) is 2.53. The van der Waals surface area contributed by atoms with E-state index in [1.807, 2.05) is 6.92 Å². The van der Waals surface area contributed by atoms with Gasteiger partial charge < -0.3 is 5.32 Å². The summed E-state index contributed by atoms with van der Waals surface area (Å²) < 4.78 is 1.66. The molecule has 18 heavy (non-hydrogen) atoms. The minimum absolute atomic E-state index is 0.229. The van der Waals surface area contributed by atoms with Crippen molar-refractivity contribution in [3.8, 4) is 0 Å². The fourth-order valence-corrected chi connectivity index (χ4v) is 1.83. The van der Waals surface area contributed by atoms with Crippen LogP contribution in [0.5, 0.6) is 0 Å². The van der Waals surface area contributed by atoms with E-state index in [1.165, 1.54) is 12.4 Å². The molecule has 0 saturated heterocycles. The molecule has 7 heteroatoms. The van der Waals surface area contributed by atoms with E-state index in [2.05, 4.69) is 20.4 Å². The summed E-state index contributed by atoms with van der Waals surface area (Å²) in [5.41, 5.74) is 2.00. The maximum atomic E-state index is 12.1. The van der Waals surface area contributed by atoms with Crippen molar-refractivity contribution >= 4 is 23.3 Å². The highest BCUT2D eigenvalue weighted by Gasteiger charge is 2.17. The number of carbonyl (C=O) groups is 1. The second-order valence-electron chi connectivity index (χ2n) is 3.85. The van der Waals surface area contributed by atoms with E-state index < -0.39 is 0 Å². The van der Waals surface area contributed by atoms with Crippen molar-refractivity contribution in [3.63, 3.8) is 0 Å². The van der Waals surface area contributed by atoms with Crippen molar-refractivity contribution < 1.29 is 4.79 Å². The Morgan fingerprint density at radius 2 is 2.11 bits per heavy atom. The van der Waals surface area contributed by atoms with Crippen LogP contribution in [0.1, 0.15) is 21.7 Å². The highest BCUT2D eigenvalue weighted by molar-refractivity contribution is 6.29. The predicted octanol–water partition coefficient (Wildman–Crippen LogP) is 1.73. The Labute approximate surface area is 109 Å². The molecule has 6 nitrogen and oxygen atoms in total. The lowest BCUT2D eigenvalue weighted by molar-refractivity contribution is 0.102. The minimum atomic E-state index is -0.269. The summed E-state index contributed by atoms with van der Waals surface area (Å²) >= 11 is 5.70. The van der Waals surface area contributed by atoms with Crippen LogP contribution in [-0.2, 0) is 7.05 Å². The van der Waals surface area contributed by atoms with Gasteiger partial charge in [0.1, 0.15) is 5.15 Å². The molecule has 0 atom stereocenters. The number of halogens is 1. The second-order valence-corrected chi connectivity index (χ2v) is 4.24. The largest absolute Gasteiger partial charge is 0.305 e. The lowest BCUT2D eigenvalue weighted by Crippen LogP contribution is -2.15. The summed E-state index contributed by atoms with van der Waals surface area (Å²) in [7, 11) is 1.79. The van der Waals surface area contributed by atoms with E-state index in [9.17, 15) is 4.79 Å². The molecule has 94 valence electrons. The Morgan fingerprint density at radius 1 is 1.39 bits per heavy atom. The summed E-state index contributed by atoms with van der Waals surface area (Å²) in [6.07, 6.45) is 2.84. The van der Waals surface area contributed by atoms with Crippen LogP contribution in [0.15, 0.2) is 12.4 Å². The molecule has 0 aromatic carbocycles. The molecule has 0 aliphatic rings. The van der Waals surface area contributed by atoms with Crippen LogP contribution in [0.4, 0.5) is 5.82 Å². The quantitative estimate of drug-likeness (QED) is 0.898. The smallest absolute Gasteiger partial charge is 0.260 e. The van der Waals surface area contributed by atoms with Gasteiger partial charge in [-0.3, -0.25) is 14.5 Å². The third kappa shape index (κ3) is 2.33. The molecule has 0 bridgehead atoms. The number of nitrogens with zero attached hydrogens (tertiary/aromatic N) is 4. The molecule has 0 fully saturated rings. The Bertz CT molecular complexity index is 607. The second kappa shape index (κ2) is 4.73. The number of anilines is 1. The molecule has 2 aromatic heterocycles. The fourth-order valence-electron chi connectivity index (χ4n) is 1.68. The molecule has 0 unspecified atom stereocenters. The summed E-state index contributed by atoms with van der Waals surface area (Å²) in [5, 5.41) is 7.06. The molecule has 2 rings (SSSR count). The predicted molar refractivity (Wildman–Crippen MR) is 67.7 cm³/mol. The van der Waals surface area contributed by atoms with Gasteiger partial charge in [-0.05, 0) is 13.8 Å². The number of aryl methyl sites for hydroxylation is 2. The van der Waals surface area contributed by atoms with Gasteiger partial charge in [0, 0.05) is 12.7 Å². The highest BCUT2D eigenvalue weighted by Crippen LogP contribution is 2.14. The first-order chi connectivity index (χ1) is 8.49. The van der Waals surface area contributed by atoms with Gasteiger partial charge in [0.15, 0.2) is 5.82 Å². The summed E-state index contributed by atoms with van der Waals surface area (Å²) in [4.78, 5) is 19.9. The van der Waals surface area contributed by atoms with Crippen molar-refractivity contribution in [2.75, 3.05) is 5.32 Å². The standard InChI is InChI=1S/C11H12ClN5O/c1-6-10(7(2)17(3)16-6)11(18)15-9-5-13-4-8(12)14-9/h4-5H,1-3H3,(H,14,15,18). The lowest BCUT2D eigenvalue weighted by atomic mass is 10.2. The van der Waals surface area contributed by atoms with Crippen LogP contribution in [0.25, 0.3) is 0 Å². The maximum absolute atomic E-state index is 12.1. The zero-order chi connectivity index (χ0) is 13.3. The number of hydrogen-bond acceptors (Lipinski definition) is 4. The van der Waals surface area contributed by atoms with Crippen molar-refractivity contribution in [1.82, 2.24) is 19.7 Å². The number of amides is 1. The van der Waals surface area contributed by atoms with Crippen LogP contribution in [-0.4, -0.2) is 25.7 Å². The van der Waals surface area contributed by atoms with Gasteiger partial charge in [-0.15, -0.1) is 0 Å². The van der Waals surface area contributed by atoms with Crippen LogP contribution in [0.3, 0.4) is 0 Å². The number of aromatic nitrogens is 4. The first kappa shape index (κ1) is 12.5. The number of nitrogens with one attached hydrogen (secondary N) is 1. The number of rotatable bonds is 2. The van der Waals surface area contributed by atoms with Crippen LogP contribution >= 0.6 is 11.6 Å². The van der Waals surface area contributed by atoms with E-state index in [1.54, 1.807) is 18.7 Å². The van der Waals surface area contributed by atoms with E-state index in [0.29, 0.717) is 17.1 Å². The third-order valence-electron chi connectivity index (χ3n) is 2.58. The first-order valence-electron chi connectivity index (χ1n) is 5.28. The first-order valence-corrected chi connectivity index (χ1v) is 5.66. The zero-order valence-corrected chi connectivity index (χ0v) is 11.0. The molecule has 1 N–H and O–H groups in total. The Balaban J connectivity index is 2.27. The van der Waals surface area contributed by atoms with E-state index >= 15 is 0 Å². The zero-order valence-electron chi connectivity index (χ0n) is 10.2.